The molecule has 7 fully saturated rings. The van der Waals surface area contributed by atoms with Crippen LogP contribution in [0.4, 0.5) is 9.59 Å². The molecule has 0 bridgehead atoms. The number of nitrogens with zero attached hydrogens (tertiary/aromatic N) is 2. The maximum atomic E-state index is 12.9. The van der Waals surface area contributed by atoms with Gasteiger partial charge >= 0.3 is 12.2 Å². The lowest BCUT2D eigenvalue weighted by molar-refractivity contribution is -0.185. The first kappa shape index (κ1) is 32.0. The molecule has 2 saturated heterocycles. The molecule has 0 aromatic heterocycles. The first-order valence-corrected chi connectivity index (χ1v) is 18.2. The van der Waals surface area contributed by atoms with Gasteiger partial charge in [-0.25, -0.2) is 9.59 Å². The van der Waals surface area contributed by atoms with E-state index in [1.165, 1.54) is 17.7 Å². The summed E-state index contributed by atoms with van der Waals surface area (Å²) in [6, 6.07) is 0. The summed E-state index contributed by atoms with van der Waals surface area (Å²) in [6.45, 7) is 17.9. The third-order valence-electron chi connectivity index (χ3n) is 15.7. The van der Waals surface area contributed by atoms with E-state index in [4.69, 9.17) is 14.2 Å². The normalized spacial score (nSPS) is 49.7. The average molecular weight is 629 g/mol. The second-order valence-electron chi connectivity index (χ2n) is 18.3. The van der Waals surface area contributed by atoms with E-state index in [0.717, 1.165) is 58.0 Å². The highest BCUT2D eigenvalue weighted by Crippen LogP contribution is 2.89. The molecule has 0 aromatic rings. The van der Waals surface area contributed by atoms with E-state index in [-0.39, 0.29) is 75.5 Å². The van der Waals surface area contributed by atoms with Crippen LogP contribution in [-0.2, 0) is 14.2 Å². The molecular formula is C37H60N2O6. The number of aliphatic hydroxyl groups excluding tert-OH is 1. The van der Waals surface area contributed by atoms with Crippen molar-refractivity contribution in [2.75, 3.05) is 27.2 Å². The summed E-state index contributed by atoms with van der Waals surface area (Å²) in [5.41, 5.74) is 0.234. The van der Waals surface area contributed by atoms with Crippen LogP contribution < -0.4 is 0 Å². The monoisotopic (exact) mass is 628 g/mol. The Balaban J connectivity index is 1.15. The van der Waals surface area contributed by atoms with Gasteiger partial charge < -0.3 is 29.1 Å². The largest absolute Gasteiger partial charge is 0.446 e. The number of fused-ring (bicyclic) bond motifs is 4. The topological polar surface area (TPSA) is 88.5 Å². The number of likely N-dealkylation sites (tertiary alicyclic amines) is 1. The predicted molar refractivity (Wildman–Crippen MR) is 171 cm³/mol. The maximum absolute atomic E-state index is 12.9. The van der Waals surface area contributed by atoms with Crippen LogP contribution in [0.3, 0.4) is 0 Å². The summed E-state index contributed by atoms with van der Waals surface area (Å²) in [5.74, 6) is 1.75. The molecule has 7 rings (SSSR count). The minimum absolute atomic E-state index is 0.0128. The molecule has 2 heterocycles. The second-order valence-corrected chi connectivity index (χ2v) is 18.3. The first-order chi connectivity index (χ1) is 21.0. The van der Waals surface area contributed by atoms with Gasteiger partial charge in [-0.05, 0) is 104 Å². The van der Waals surface area contributed by atoms with Crippen molar-refractivity contribution in [1.29, 1.82) is 0 Å². The van der Waals surface area contributed by atoms with Gasteiger partial charge in [0.1, 0.15) is 12.2 Å². The van der Waals surface area contributed by atoms with Crippen LogP contribution in [-0.4, -0.2) is 84.8 Å². The van der Waals surface area contributed by atoms with E-state index in [9.17, 15) is 14.7 Å². The van der Waals surface area contributed by atoms with Crippen molar-refractivity contribution in [1.82, 2.24) is 9.80 Å². The summed E-state index contributed by atoms with van der Waals surface area (Å²) in [7, 11) is 3.44. The maximum Gasteiger partial charge on any atom is 0.410 e. The minimum atomic E-state index is -0.548. The van der Waals surface area contributed by atoms with Crippen LogP contribution in [0.1, 0.15) is 106 Å². The van der Waals surface area contributed by atoms with Crippen LogP contribution >= 0.6 is 0 Å². The van der Waals surface area contributed by atoms with E-state index in [1.807, 2.05) is 4.90 Å². The number of hydrogen-bond donors (Lipinski definition) is 1. The highest BCUT2D eigenvalue weighted by molar-refractivity contribution is 5.68. The summed E-state index contributed by atoms with van der Waals surface area (Å²) < 4.78 is 19.2. The van der Waals surface area contributed by atoms with E-state index in [1.54, 1.807) is 14.1 Å². The Hall–Kier alpha value is -1.54. The van der Waals surface area contributed by atoms with Crippen molar-refractivity contribution >= 4 is 12.2 Å². The summed E-state index contributed by atoms with van der Waals surface area (Å²) in [5, 5.41) is 12.6. The molecule has 1 N–H and O–H groups in total. The third-order valence-corrected chi connectivity index (χ3v) is 15.7. The van der Waals surface area contributed by atoms with Crippen LogP contribution in [0.5, 0.6) is 0 Å². The summed E-state index contributed by atoms with van der Waals surface area (Å²) >= 11 is 0. The zero-order valence-electron chi connectivity index (χ0n) is 29.4. The lowest BCUT2D eigenvalue weighted by Crippen LogP contribution is -2.60. The average Bonchev–Trinajstić information content (AvgIpc) is 3.56. The van der Waals surface area contributed by atoms with E-state index < -0.39 is 6.10 Å². The molecule has 254 valence electrons. The van der Waals surface area contributed by atoms with Crippen molar-refractivity contribution in [3.05, 3.63) is 0 Å². The molecular weight excluding hydrogens is 568 g/mol. The van der Waals surface area contributed by atoms with Gasteiger partial charge in [0.2, 0.25) is 0 Å². The SMILES string of the molecule is CC(C)[C@@H](OC(=O)N(C)C)C1C[C@@H](C)[C@H]2C(O1)[C@H](O)[C@@]1(C)C3CC[C@H]4C(C)(C)C(OC(=O)N5CCC5)CC[C@@]45C[C@@]35CC[C@]21C. The lowest BCUT2D eigenvalue weighted by atomic mass is 9.41. The Bertz CT molecular complexity index is 1220. The van der Waals surface area contributed by atoms with Gasteiger partial charge in [0, 0.05) is 38.0 Å². The molecule has 13 atom stereocenters. The molecule has 2 aliphatic heterocycles. The Kier molecular flexibility index (Phi) is 7.28. The van der Waals surface area contributed by atoms with E-state index in [0.29, 0.717) is 17.8 Å². The number of carbonyl (C=O) groups excluding carboxylic acids is 2. The Morgan fingerprint density at radius 1 is 0.978 bits per heavy atom. The summed E-state index contributed by atoms with van der Waals surface area (Å²) in [4.78, 5) is 28.8. The highest BCUT2D eigenvalue weighted by atomic mass is 16.6. The van der Waals surface area contributed by atoms with Crippen molar-refractivity contribution in [3.63, 3.8) is 0 Å². The molecule has 0 radical (unpaired) electrons. The smallest absolute Gasteiger partial charge is 0.410 e. The molecule has 7 aliphatic rings. The van der Waals surface area contributed by atoms with Gasteiger partial charge in [0.15, 0.2) is 0 Å². The fourth-order valence-corrected chi connectivity index (χ4v) is 13.3. The van der Waals surface area contributed by atoms with Gasteiger partial charge in [0.05, 0.1) is 18.3 Å². The minimum Gasteiger partial charge on any atom is -0.446 e. The van der Waals surface area contributed by atoms with Gasteiger partial charge in [0.25, 0.3) is 0 Å². The molecule has 2 amide bonds. The Labute approximate surface area is 271 Å². The molecule has 2 spiro atoms. The molecule has 5 aliphatic carbocycles. The Morgan fingerprint density at radius 2 is 1.64 bits per heavy atom. The van der Waals surface area contributed by atoms with Gasteiger partial charge in [-0.1, -0.05) is 48.5 Å². The van der Waals surface area contributed by atoms with Crippen molar-refractivity contribution in [3.8, 4) is 0 Å². The van der Waals surface area contributed by atoms with Crippen LogP contribution in [0.2, 0.25) is 0 Å². The quantitative estimate of drug-likeness (QED) is 0.371. The van der Waals surface area contributed by atoms with Gasteiger partial charge in [-0.15, -0.1) is 0 Å². The zero-order chi connectivity index (χ0) is 32.5. The Morgan fingerprint density at radius 3 is 2.27 bits per heavy atom. The number of aliphatic hydroxyl groups is 1. The third kappa shape index (κ3) is 4.08. The van der Waals surface area contributed by atoms with Crippen molar-refractivity contribution in [2.45, 2.75) is 137 Å². The van der Waals surface area contributed by atoms with E-state index >= 15 is 0 Å². The molecule has 8 nitrogen and oxygen atoms in total. The summed E-state index contributed by atoms with van der Waals surface area (Å²) in [6.07, 6.45) is 8.04. The molecule has 5 saturated carbocycles. The number of hydrogen-bond acceptors (Lipinski definition) is 6. The van der Waals surface area contributed by atoms with Crippen LogP contribution in [0.25, 0.3) is 0 Å². The second kappa shape index (κ2) is 10.2. The predicted octanol–water partition coefficient (Wildman–Crippen LogP) is 6.73. The number of rotatable bonds is 4. The van der Waals surface area contributed by atoms with Crippen molar-refractivity contribution < 1.29 is 28.9 Å². The van der Waals surface area contributed by atoms with Crippen LogP contribution in [0, 0.1) is 56.7 Å². The standard InChI is InChI=1S/C37H60N2O6/c1-21(2)28(45-31(41)38(8)9)23-19-22(3)27-29(43-23)30(40)35(7)25-12-11-24-33(4,5)26(44-32(42)39-17-10-18-39)13-14-36(24)20-37(25,36)16-15-34(27,35)6/h21-30,40H,10-20H2,1-9H3/t22-,23?,24+,25?,26?,27+,28-,29?,30+,34-,35-,36-,37+/m1/s1. The van der Waals surface area contributed by atoms with E-state index in [2.05, 4.69) is 48.5 Å². The number of carbonyl (C=O) groups is 2. The van der Waals surface area contributed by atoms with Crippen LogP contribution in [0.15, 0.2) is 0 Å². The zero-order valence-corrected chi connectivity index (χ0v) is 29.4. The lowest BCUT2D eigenvalue weighted by Gasteiger charge is -2.63. The number of ether oxygens (including phenoxy) is 3. The van der Waals surface area contributed by atoms with Gasteiger partial charge in [-0.2, -0.15) is 0 Å². The molecule has 0 aromatic carbocycles. The number of amides is 2. The molecule has 4 unspecified atom stereocenters. The molecule has 45 heavy (non-hydrogen) atoms. The van der Waals surface area contributed by atoms with Crippen molar-refractivity contribution in [2.24, 2.45) is 56.7 Å². The van der Waals surface area contributed by atoms with Gasteiger partial charge in [-0.3, -0.25) is 0 Å². The molecule has 8 heteroatoms. The highest BCUT2D eigenvalue weighted by Gasteiger charge is 2.84. The first-order valence-electron chi connectivity index (χ1n) is 18.2. The fourth-order valence-electron chi connectivity index (χ4n) is 13.3. The fraction of sp³-hybridized carbons (Fsp3) is 0.946.